The molecule has 0 bridgehead atoms. The van der Waals surface area contributed by atoms with E-state index in [9.17, 15) is 9.59 Å². The molecule has 0 aliphatic rings. The second-order valence-corrected chi connectivity index (χ2v) is 5.14. The maximum absolute atomic E-state index is 12.3. The zero-order valence-electron chi connectivity index (χ0n) is 11.5. The van der Waals surface area contributed by atoms with E-state index >= 15 is 0 Å². The number of carbonyl (C=O) groups is 2. The number of para-hydroxylation sites is 1. The van der Waals surface area contributed by atoms with Gasteiger partial charge in [0.25, 0.3) is 5.91 Å². The number of benzene rings is 1. The molecule has 1 aromatic carbocycles. The van der Waals surface area contributed by atoms with Crippen molar-refractivity contribution in [3.05, 3.63) is 41.0 Å². The predicted octanol–water partition coefficient (Wildman–Crippen LogP) is 2.83. The van der Waals surface area contributed by atoms with E-state index in [4.69, 9.17) is 16.7 Å². The number of hydrogen-bond acceptors (Lipinski definition) is 3. The van der Waals surface area contributed by atoms with Crippen molar-refractivity contribution in [1.82, 2.24) is 9.88 Å². The average molecular weight is 307 g/mol. The van der Waals surface area contributed by atoms with Crippen LogP contribution in [0.15, 0.2) is 30.3 Å². The Kier molecular flexibility index (Phi) is 4.75. The lowest BCUT2D eigenvalue weighted by Gasteiger charge is -2.16. The van der Waals surface area contributed by atoms with E-state index in [0.717, 1.165) is 5.39 Å². The summed E-state index contributed by atoms with van der Waals surface area (Å²) in [5, 5.41) is 9.87. The zero-order chi connectivity index (χ0) is 15.4. The van der Waals surface area contributed by atoms with Crippen molar-refractivity contribution in [3.8, 4) is 0 Å². The van der Waals surface area contributed by atoms with Gasteiger partial charge in [0.1, 0.15) is 5.69 Å². The van der Waals surface area contributed by atoms with Crippen molar-refractivity contribution in [1.29, 1.82) is 0 Å². The van der Waals surface area contributed by atoms with Gasteiger partial charge in [-0.15, -0.1) is 0 Å². The molecule has 0 atom stereocenters. The molecule has 0 saturated carbocycles. The molecular formula is C15H15ClN2O3. The van der Waals surface area contributed by atoms with Gasteiger partial charge < -0.3 is 10.0 Å². The van der Waals surface area contributed by atoms with Crippen LogP contribution < -0.4 is 0 Å². The lowest BCUT2D eigenvalue weighted by Crippen LogP contribution is -2.28. The Morgan fingerprint density at radius 2 is 2.05 bits per heavy atom. The normalized spacial score (nSPS) is 10.6. The van der Waals surface area contributed by atoms with E-state index in [-0.39, 0.29) is 18.0 Å². The largest absolute Gasteiger partial charge is 0.481 e. The molecule has 0 aliphatic carbocycles. The summed E-state index contributed by atoms with van der Waals surface area (Å²) in [6, 6.07) is 8.86. The van der Waals surface area contributed by atoms with Crippen LogP contribution in [0.4, 0.5) is 0 Å². The summed E-state index contributed by atoms with van der Waals surface area (Å²) < 4.78 is 0. The molecule has 0 radical (unpaired) electrons. The van der Waals surface area contributed by atoms with Gasteiger partial charge in [0.2, 0.25) is 0 Å². The SMILES string of the molecule is CN(CCCC(=O)O)C(=O)c1cc(Cl)c2ccccc2n1. The van der Waals surface area contributed by atoms with Crippen LogP contribution >= 0.6 is 11.6 Å². The van der Waals surface area contributed by atoms with E-state index < -0.39 is 5.97 Å². The molecule has 2 aromatic rings. The van der Waals surface area contributed by atoms with Crippen LogP contribution in [0.2, 0.25) is 5.02 Å². The smallest absolute Gasteiger partial charge is 0.303 e. The number of rotatable bonds is 5. The molecule has 0 saturated heterocycles. The maximum atomic E-state index is 12.3. The second-order valence-electron chi connectivity index (χ2n) is 4.73. The van der Waals surface area contributed by atoms with Gasteiger partial charge >= 0.3 is 5.97 Å². The van der Waals surface area contributed by atoms with Gasteiger partial charge in [-0.25, -0.2) is 4.98 Å². The number of amides is 1. The number of hydrogen-bond donors (Lipinski definition) is 1. The number of carbonyl (C=O) groups excluding carboxylic acids is 1. The van der Waals surface area contributed by atoms with Crippen LogP contribution in [-0.2, 0) is 4.79 Å². The Morgan fingerprint density at radius 3 is 2.76 bits per heavy atom. The first-order valence-corrected chi connectivity index (χ1v) is 6.89. The van der Waals surface area contributed by atoms with E-state index in [2.05, 4.69) is 4.98 Å². The van der Waals surface area contributed by atoms with Gasteiger partial charge in [-0.05, 0) is 18.6 Å². The third-order valence-corrected chi connectivity index (χ3v) is 3.43. The highest BCUT2D eigenvalue weighted by atomic mass is 35.5. The van der Waals surface area contributed by atoms with Crippen molar-refractivity contribution >= 4 is 34.4 Å². The molecule has 110 valence electrons. The topological polar surface area (TPSA) is 70.5 Å². The first kappa shape index (κ1) is 15.3. The number of carboxylic acids is 1. The fourth-order valence-electron chi connectivity index (χ4n) is 2.01. The highest BCUT2D eigenvalue weighted by Gasteiger charge is 2.15. The summed E-state index contributed by atoms with van der Waals surface area (Å²) in [4.78, 5) is 28.5. The third-order valence-electron chi connectivity index (χ3n) is 3.12. The minimum Gasteiger partial charge on any atom is -0.481 e. The van der Waals surface area contributed by atoms with E-state index in [0.29, 0.717) is 23.5 Å². The average Bonchev–Trinajstić information content (AvgIpc) is 2.46. The third kappa shape index (κ3) is 3.70. The van der Waals surface area contributed by atoms with Crippen molar-refractivity contribution in [2.24, 2.45) is 0 Å². The van der Waals surface area contributed by atoms with Crippen LogP contribution in [0, 0.1) is 0 Å². The number of fused-ring (bicyclic) bond motifs is 1. The van der Waals surface area contributed by atoms with Crippen molar-refractivity contribution in [2.75, 3.05) is 13.6 Å². The number of aliphatic carboxylic acids is 1. The minimum absolute atomic E-state index is 0.0313. The highest BCUT2D eigenvalue weighted by Crippen LogP contribution is 2.23. The molecule has 1 aromatic heterocycles. The first-order chi connectivity index (χ1) is 9.99. The van der Waals surface area contributed by atoms with Crippen molar-refractivity contribution in [3.63, 3.8) is 0 Å². The summed E-state index contributed by atoms with van der Waals surface area (Å²) in [5.74, 6) is -1.14. The number of aromatic nitrogens is 1. The van der Waals surface area contributed by atoms with E-state index in [1.54, 1.807) is 19.2 Å². The summed E-state index contributed by atoms with van der Waals surface area (Å²) in [7, 11) is 1.62. The van der Waals surface area contributed by atoms with Crippen LogP contribution in [0.1, 0.15) is 23.3 Å². The summed E-state index contributed by atoms with van der Waals surface area (Å²) in [6.07, 6.45) is 0.433. The fraction of sp³-hybridized carbons (Fsp3) is 0.267. The molecule has 1 heterocycles. The monoisotopic (exact) mass is 306 g/mol. The lowest BCUT2D eigenvalue weighted by molar-refractivity contribution is -0.137. The maximum Gasteiger partial charge on any atom is 0.303 e. The molecule has 1 N–H and O–H groups in total. The molecule has 0 fully saturated rings. The minimum atomic E-state index is -0.872. The molecule has 1 amide bonds. The molecular weight excluding hydrogens is 292 g/mol. The van der Waals surface area contributed by atoms with Gasteiger partial charge in [-0.2, -0.15) is 0 Å². The van der Waals surface area contributed by atoms with E-state index in [1.807, 2.05) is 18.2 Å². The van der Waals surface area contributed by atoms with Gasteiger partial charge in [-0.1, -0.05) is 29.8 Å². The summed E-state index contributed by atoms with van der Waals surface area (Å²) in [5.41, 5.74) is 0.920. The highest BCUT2D eigenvalue weighted by molar-refractivity contribution is 6.35. The number of halogens is 1. The second kappa shape index (κ2) is 6.54. The van der Waals surface area contributed by atoms with Crippen LogP contribution in [-0.4, -0.2) is 40.5 Å². The van der Waals surface area contributed by atoms with Crippen LogP contribution in [0.3, 0.4) is 0 Å². The Labute approximate surface area is 127 Å². The molecule has 0 spiro atoms. The van der Waals surface area contributed by atoms with Gasteiger partial charge in [0, 0.05) is 25.4 Å². The molecule has 0 aliphatic heterocycles. The molecule has 0 unspecified atom stereocenters. The Morgan fingerprint density at radius 1 is 1.33 bits per heavy atom. The molecule has 2 rings (SSSR count). The van der Waals surface area contributed by atoms with Crippen molar-refractivity contribution in [2.45, 2.75) is 12.8 Å². The van der Waals surface area contributed by atoms with Gasteiger partial charge in [0.15, 0.2) is 0 Å². The van der Waals surface area contributed by atoms with Gasteiger partial charge in [-0.3, -0.25) is 9.59 Å². The van der Waals surface area contributed by atoms with Crippen molar-refractivity contribution < 1.29 is 14.7 Å². The summed E-state index contributed by atoms with van der Waals surface area (Å²) >= 11 is 6.17. The standard InChI is InChI=1S/C15H15ClN2O3/c1-18(8-4-7-14(19)20)15(21)13-9-11(16)10-5-2-3-6-12(10)17-13/h2-3,5-6,9H,4,7-8H2,1H3,(H,19,20). The fourth-order valence-corrected chi connectivity index (χ4v) is 2.27. The summed E-state index contributed by atoms with van der Waals surface area (Å²) in [6.45, 7) is 0.358. The molecule has 5 nitrogen and oxygen atoms in total. The number of pyridine rings is 1. The number of carboxylic acid groups (broad SMARTS) is 1. The van der Waals surface area contributed by atoms with Crippen LogP contribution in [0.5, 0.6) is 0 Å². The Balaban J connectivity index is 2.17. The predicted molar refractivity (Wildman–Crippen MR) is 80.6 cm³/mol. The Bertz CT molecular complexity index is 688. The Hall–Kier alpha value is -2.14. The van der Waals surface area contributed by atoms with E-state index in [1.165, 1.54) is 4.90 Å². The molecule has 6 heteroatoms. The number of nitrogens with zero attached hydrogens (tertiary/aromatic N) is 2. The zero-order valence-corrected chi connectivity index (χ0v) is 12.3. The lowest BCUT2D eigenvalue weighted by atomic mass is 10.2. The van der Waals surface area contributed by atoms with Crippen LogP contribution in [0.25, 0.3) is 10.9 Å². The molecule has 21 heavy (non-hydrogen) atoms. The van der Waals surface area contributed by atoms with Gasteiger partial charge in [0.05, 0.1) is 10.5 Å². The first-order valence-electron chi connectivity index (χ1n) is 6.51. The quantitative estimate of drug-likeness (QED) is 0.922.